The van der Waals surface area contributed by atoms with Crippen molar-refractivity contribution in [3.8, 4) is 0 Å². The molecule has 92 valence electrons. The van der Waals surface area contributed by atoms with Crippen molar-refractivity contribution >= 4 is 6.21 Å². The molecule has 0 amide bonds. The van der Waals surface area contributed by atoms with Crippen molar-refractivity contribution in [2.75, 3.05) is 14.1 Å². The Labute approximate surface area is 101 Å². The van der Waals surface area contributed by atoms with Gasteiger partial charge in [-0.25, -0.2) is 0 Å². The summed E-state index contributed by atoms with van der Waals surface area (Å²) in [6, 6.07) is 0.470. The SMILES string of the molecule is C=C(C)C(C)C(C=NC)=CC(C)C(C)NC. The second-order valence-corrected chi connectivity index (χ2v) is 4.56. The van der Waals surface area contributed by atoms with Gasteiger partial charge in [0, 0.05) is 25.2 Å². The van der Waals surface area contributed by atoms with Crippen LogP contribution in [-0.2, 0) is 0 Å². The Bertz CT molecular complexity index is 276. The number of hydrogen-bond acceptors (Lipinski definition) is 2. The second kappa shape index (κ2) is 7.39. The Kier molecular flexibility index (Phi) is 6.98. The van der Waals surface area contributed by atoms with Gasteiger partial charge in [0.05, 0.1) is 0 Å². The molecule has 0 fully saturated rings. The van der Waals surface area contributed by atoms with Crippen LogP contribution in [0.5, 0.6) is 0 Å². The lowest BCUT2D eigenvalue weighted by molar-refractivity contribution is 0.495. The van der Waals surface area contributed by atoms with Gasteiger partial charge in [-0.2, -0.15) is 0 Å². The minimum atomic E-state index is 0.371. The molecule has 3 atom stereocenters. The van der Waals surface area contributed by atoms with Crippen molar-refractivity contribution in [3.05, 3.63) is 23.8 Å². The highest BCUT2D eigenvalue weighted by atomic mass is 14.9. The monoisotopic (exact) mass is 222 g/mol. The van der Waals surface area contributed by atoms with E-state index in [1.54, 1.807) is 0 Å². The molecule has 16 heavy (non-hydrogen) atoms. The maximum absolute atomic E-state index is 4.12. The fourth-order valence-electron chi connectivity index (χ4n) is 1.44. The van der Waals surface area contributed by atoms with E-state index in [0.29, 0.717) is 17.9 Å². The number of allylic oxidation sites excluding steroid dienone is 2. The molecule has 1 N–H and O–H groups in total. The average molecular weight is 222 g/mol. The molecule has 3 unspecified atom stereocenters. The topological polar surface area (TPSA) is 24.4 Å². The van der Waals surface area contributed by atoms with E-state index in [9.17, 15) is 0 Å². The van der Waals surface area contributed by atoms with Gasteiger partial charge < -0.3 is 5.32 Å². The maximum atomic E-state index is 4.12. The van der Waals surface area contributed by atoms with Crippen LogP contribution in [0.15, 0.2) is 28.8 Å². The first-order valence-corrected chi connectivity index (χ1v) is 5.90. The van der Waals surface area contributed by atoms with E-state index >= 15 is 0 Å². The second-order valence-electron chi connectivity index (χ2n) is 4.56. The Morgan fingerprint density at radius 3 is 2.25 bits per heavy atom. The van der Waals surface area contributed by atoms with E-state index in [0.717, 1.165) is 0 Å². The molecular formula is C14H26N2. The predicted molar refractivity (Wildman–Crippen MR) is 74.2 cm³/mol. The van der Waals surface area contributed by atoms with Crippen molar-refractivity contribution < 1.29 is 0 Å². The molecular weight excluding hydrogens is 196 g/mol. The van der Waals surface area contributed by atoms with Crippen molar-refractivity contribution in [1.82, 2.24) is 5.32 Å². The van der Waals surface area contributed by atoms with Gasteiger partial charge in [0.1, 0.15) is 0 Å². The highest BCUT2D eigenvalue weighted by Crippen LogP contribution is 2.19. The van der Waals surface area contributed by atoms with Gasteiger partial charge in [-0.15, -0.1) is 0 Å². The zero-order chi connectivity index (χ0) is 12.7. The molecule has 0 aliphatic heterocycles. The van der Waals surface area contributed by atoms with E-state index in [-0.39, 0.29) is 0 Å². The van der Waals surface area contributed by atoms with Gasteiger partial charge in [0.25, 0.3) is 0 Å². The molecule has 0 aromatic rings. The van der Waals surface area contributed by atoms with Crippen molar-refractivity contribution in [3.63, 3.8) is 0 Å². The smallest absolute Gasteiger partial charge is 0.0277 e. The third-order valence-corrected chi connectivity index (χ3v) is 3.22. The van der Waals surface area contributed by atoms with E-state index in [4.69, 9.17) is 0 Å². The molecule has 2 heteroatoms. The Morgan fingerprint density at radius 1 is 1.31 bits per heavy atom. The third kappa shape index (κ3) is 4.75. The Hall–Kier alpha value is -0.890. The highest BCUT2D eigenvalue weighted by Gasteiger charge is 2.12. The first-order chi connectivity index (χ1) is 7.43. The number of hydrogen-bond donors (Lipinski definition) is 1. The molecule has 0 aliphatic rings. The molecule has 0 aromatic heterocycles. The van der Waals surface area contributed by atoms with E-state index in [1.165, 1.54) is 11.1 Å². The van der Waals surface area contributed by atoms with Gasteiger partial charge in [0.2, 0.25) is 0 Å². The van der Waals surface area contributed by atoms with Gasteiger partial charge in [-0.05, 0) is 32.4 Å². The van der Waals surface area contributed by atoms with Crippen LogP contribution in [0.4, 0.5) is 0 Å². The largest absolute Gasteiger partial charge is 0.317 e. The minimum Gasteiger partial charge on any atom is -0.317 e. The lowest BCUT2D eigenvalue weighted by Gasteiger charge is -2.19. The minimum absolute atomic E-state index is 0.371. The van der Waals surface area contributed by atoms with Crippen LogP contribution in [-0.4, -0.2) is 26.4 Å². The number of nitrogens with zero attached hydrogens (tertiary/aromatic N) is 1. The fraction of sp³-hybridized carbons (Fsp3) is 0.643. The molecule has 0 saturated heterocycles. The average Bonchev–Trinajstić information content (AvgIpc) is 2.25. The van der Waals surface area contributed by atoms with Crippen LogP contribution < -0.4 is 5.32 Å². The lowest BCUT2D eigenvalue weighted by Crippen LogP contribution is -2.28. The van der Waals surface area contributed by atoms with Crippen LogP contribution in [0, 0.1) is 11.8 Å². The summed E-state index contributed by atoms with van der Waals surface area (Å²) in [6.45, 7) is 12.7. The first kappa shape index (κ1) is 15.1. The quantitative estimate of drug-likeness (QED) is 0.542. The molecule has 0 radical (unpaired) electrons. The van der Waals surface area contributed by atoms with Crippen molar-refractivity contribution in [2.24, 2.45) is 16.8 Å². The number of nitrogens with one attached hydrogen (secondary N) is 1. The molecule has 0 spiro atoms. The number of rotatable bonds is 6. The summed E-state index contributed by atoms with van der Waals surface area (Å²) in [5.41, 5.74) is 2.43. The molecule has 0 rings (SSSR count). The summed E-state index contributed by atoms with van der Waals surface area (Å²) in [5.74, 6) is 0.856. The van der Waals surface area contributed by atoms with Gasteiger partial charge in [0.15, 0.2) is 0 Å². The molecule has 0 heterocycles. The van der Waals surface area contributed by atoms with Crippen LogP contribution in [0.1, 0.15) is 27.7 Å². The van der Waals surface area contributed by atoms with Crippen molar-refractivity contribution in [2.45, 2.75) is 33.7 Å². The molecule has 0 aromatic carbocycles. The molecule has 0 bridgehead atoms. The standard InChI is InChI=1S/C14H26N2/c1-10(2)12(4)14(9-15-6)8-11(3)13(5)16-7/h8-9,11-13,16H,1H2,2-7H3. The van der Waals surface area contributed by atoms with E-state index in [1.807, 2.05) is 20.3 Å². The molecule has 2 nitrogen and oxygen atoms in total. The zero-order valence-electron chi connectivity index (χ0n) is 11.5. The van der Waals surface area contributed by atoms with Crippen molar-refractivity contribution in [1.29, 1.82) is 0 Å². The van der Waals surface area contributed by atoms with Crippen LogP contribution >= 0.6 is 0 Å². The van der Waals surface area contributed by atoms with E-state index < -0.39 is 0 Å². The predicted octanol–water partition coefficient (Wildman–Crippen LogP) is 3.07. The summed E-state index contributed by atoms with van der Waals surface area (Å²) in [4.78, 5) is 4.12. The maximum Gasteiger partial charge on any atom is 0.0277 e. The fourth-order valence-corrected chi connectivity index (χ4v) is 1.44. The first-order valence-electron chi connectivity index (χ1n) is 5.90. The van der Waals surface area contributed by atoms with Crippen LogP contribution in [0.2, 0.25) is 0 Å². The van der Waals surface area contributed by atoms with Crippen LogP contribution in [0.25, 0.3) is 0 Å². The summed E-state index contributed by atoms with van der Waals surface area (Å²) in [5, 5.41) is 3.27. The Balaban J connectivity index is 4.90. The summed E-state index contributed by atoms with van der Waals surface area (Å²) in [7, 11) is 3.80. The summed E-state index contributed by atoms with van der Waals surface area (Å²) in [6.07, 6.45) is 4.23. The van der Waals surface area contributed by atoms with Gasteiger partial charge >= 0.3 is 0 Å². The summed E-state index contributed by atoms with van der Waals surface area (Å²) >= 11 is 0. The van der Waals surface area contributed by atoms with Gasteiger partial charge in [-0.3, -0.25) is 4.99 Å². The highest BCUT2D eigenvalue weighted by molar-refractivity contribution is 5.79. The summed E-state index contributed by atoms with van der Waals surface area (Å²) < 4.78 is 0. The molecule has 0 aliphatic carbocycles. The molecule has 0 saturated carbocycles. The normalized spacial score (nSPS) is 18.5. The lowest BCUT2D eigenvalue weighted by atomic mass is 9.91. The Morgan fingerprint density at radius 2 is 1.88 bits per heavy atom. The zero-order valence-corrected chi connectivity index (χ0v) is 11.5. The van der Waals surface area contributed by atoms with Gasteiger partial charge in [-0.1, -0.05) is 32.1 Å². The van der Waals surface area contributed by atoms with E-state index in [2.05, 4.69) is 50.7 Å². The third-order valence-electron chi connectivity index (χ3n) is 3.22. The number of aliphatic imine (C=N–C) groups is 1. The van der Waals surface area contributed by atoms with Crippen LogP contribution in [0.3, 0.4) is 0 Å².